The number of amides is 2. The van der Waals surface area contributed by atoms with Gasteiger partial charge in [-0.3, -0.25) is 14.5 Å². The quantitative estimate of drug-likeness (QED) is 0.136. The van der Waals surface area contributed by atoms with Gasteiger partial charge in [0.25, 0.3) is 5.91 Å². The van der Waals surface area contributed by atoms with Gasteiger partial charge in [-0.25, -0.2) is 4.79 Å². The number of β-lactam (4-membered cyclic amide) rings is 1. The first kappa shape index (κ1) is 30.2. The summed E-state index contributed by atoms with van der Waals surface area (Å²) in [6.07, 6.45) is -2.50. The van der Waals surface area contributed by atoms with Crippen molar-refractivity contribution < 1.29 is 29.0 Å². The van der Waals surface area contributed by atoms with E-state index in [4.69, 9.17) is 9.47 Å². The summed E-state index contributed by atoms with van der Waals surface area (Å²) in [5, 5.41) is 13.1. The summed E-state index contributed by atoms with van der Waals surface area (Å²) >= 11 is 3.21. The Morgan fingerprint density at radius 2 is 1.46 bits per heavy atom. The molecule has 0 bridgehead atoms. The van der Waals surface area contributed by atoms with Crippen LogP contribution in [0.3, 0.4) is 0 Å². The molecule has 9 heteroatoms. The largest absolute Gasteiger partial charge is 0.448 e. The number of hydrogen-bond donors (Lipinski definition) is 2. The summed E-state index contributed by atoms with van der Waals surface area (Å²) in [6.45, 7) is 3.29. The first-order chi connectivity index (χ1) is 19.8. The number of ether oxygens (including phenoxy) is 2. The van der Waals surface area contributed by atoms with Crippen molar-refractivity contribution in [2.75, 3.05) is 11.9 Å². The van der Waals surface area contributed by atoms with Crippen LogP contribution in [0, 0.1) is 0 Å². The van der Waals surface area contributed by atoms with Crippen LogP contribution in [-0.4, -0.2) is 58.1 Å². The number of likely N-dealkylation sites (tertiary alicyclic amines) is 1. The molecule has 0 spiro atoms. The van der Waals surface area contributed by atoms with Gasteiger partial charge in [0.1, 0.15) is 5.70 Å². The van der Waals surface area contributed by atoms with Gasteiger partial charge < -0.3 is 19.9 Å². The molecule has 1 unspecified atom stereocenters. The molecule has 1 fully saturated rings. The number of carbonyl (C=O) groups excluding carboxylic acids is 3. The predicted molar refractivity (Wildman–Crippen MR) is 158 cm³/mol. The van der Waals surface area contributed by atoms with Crippen LogP contribution < -0.4 is 5.32 Å². The van der Waals surface area contributed by atoms with Crippen LogP contribution in [-0.2, 0) is 30.3 Å². The van der Waals surface area contributed by atoms with Crippen molar-refractivity contribution in [3.05, 3.63) is 119 Å². The third-order valence-corrected chi connectivity index (χ3v) is 7.29. The van der Waals surface area contributed by atoms with Crippen LogP contribution in [0.25, 0.3) is 0 Å². The standard InChI is InChI=1S/C32H33BrN2O6/c1-21(2)28(32(39)41-29(23-14-8-4-9-15-23)24-16-10-5-11-17-24)35-30(38)27(31(35)40-20-25(36)19-33)34-26(37)18-22-12-6-3-7-13-22/h3-17,25,27,29,31,36H,18-20H2,1-2H3,(H,34,37)/t25?,27-,31+/m0/s1. The molecule has 0 radical (unpaired) electrons. The Morgan fingerprint density at radius 1 is 0.927 bits per heavy atom. The number of esters is 1. The molecule has 41 heavy (non-hydrogen) atoms. The number of allylic oxidation sites excluding steroid dienone is 1. The van der Waals surface area contributed by atoms with Gasteiger partial charge in [-0.05, 0) is 36.1 Å². The molecule has 214 valence electrons. The van der Waals surface area contributed by atoms with E-state index in [9.17, 15) is 19.5 Å². The average Bonchev–Trinajstić information content (AvgIpc) is 2.99. The second kappa shape index (κ2) is 14.2. The van der Waals surface area contributed by atoms with E-state index in [0.717, 1.165) is 16.7 Å². The number of rotatable bonds is 12. The zero-order valence-electron chi connectivity index (χ0n) is 22.9. The van der Waals surface area contributed by atoms with E-state index in [0.29, 0.717) is 5.57 Å². The average molecular weight is 622 g/mol. The summed E-state index contributed by atoms with van der Waals surface area (Å²) in [5.41, 5.74) is 2.90. The Bertz CT molecular complexity index is 1320. The van der Waals surface area contributed by atoms with Crippen LogP contribution in [0.5, 0.6) is 0 Å². The maximum Gasteiger partial charge on any atom is 0.356 e. The van der Waals surface area contributed by atoms with Crippen molar-refractivity contribution in [1.29, 1.82) is 0 Å². The van der Waals surface area contributed by atoms with Gasteiger partial charge in [-0.1, -0.05) is 107 Å². The molecule has 0 saturated carbocycles. The lowest BCUT2D eigenvalue weighted by atomic mass is 9.99. The summed E-state index contributed by atoms with van der Waals surface area (Å²) in [4.78, 5) is 41.2. The fourth-order valence-electron chi connectivity index (χ4n) is 4.56. The van der Waals surface area contributed by atoms with E-state index in [1.807, 2.05) is 91.0 Å². The van der Waals surface area contributed by atoms with E-state index in [2.05, 4.69) is 21.2 Å². The Morgan fingerprint density at radius 3 is 1.98 bits per heavy atom. The van der Waals surface area contributed by atoms with E-state index in [-0.39, 0.29) is 30.0 Å². The van der Waals surface area contributed by atoms with Crippen molar-refractivity contribution in [2.24, 2.45) is 0 Å². The SMILES string of the molecule is CC(C)=C(C(=O)OC(c1ccccc1)c1ccccc1)N1C(=O)[C@H](NC(=O)Cc2ccccc2)[C@H]1OCC(O)CBr. The molecule has 2 N–H and O–H groups in total. The maximum absolute atomic E-state index is 13.8. The van der Waals surface area contributed by atoms with Gasteiger partial charge in [-0.2, -0.15) is 0 Å². The predicted octanol–water partition coefficient (Wildman–Crippen LogP) is 4.28. The van der Waals surface area contributed by atoms with Crippen LogP contribution in [0.15, 0.2) is 102 Å². The minimum absolute atomic E-state index is 0.0266. The highest BCUT2D eigenvalue weighted by Crippen LogP contribution is 2.33. The van der Waals surface area contributed by atoms with Gasteiger partial charge in [0, 0.05) is 5.33 Å². The highest BCUT2D eigenvalue weighted by molar-refractivity contribution is 9.09. The highest BCUT2D eigenvalue weighted by atomic mass is 79.9. The van der Waals surface area contributed by atoms with E-state index in [1.54, 1.807) is 13.8 Å². The number of aliphatic hydroxyl groups is 1. The van der Waals surface area contributed by atoms with Crippen molar-refractivity contribution in [1.82, 2.24) is 10.2 Å². The number of benzene rings is 3. The molecule has 3 aromatic carbocycles. The Hall–Kier alpha value is -3.79. The molecule has 3 aromatic rings. The molecule has 0 aliphatic carbocycles. The van der Waals surface area contributed by atoms with Crippen molar-refractivity contribution in [3.8, 4) is 0 Å². The lowest BCUT2D eigenvalue weighted by Gasteiger charge is -2.47. The highest BCUT2D eigenvalue weighted by Gasteiger charge is 2.53. The number of alkyl halides is 1. The third kappa shape index (κ3) is 7.49. The molecule has 1 saturated heterocycles. The van der Waals surface area contributed by atoms with Crippen LogP contribution in [0.2, 0.25) is 0 Å². The maximum atomic E-state index is 13.8. The Kier molecular flexibility index (Phi) is 10.5. The van der Waals surface area contributed by atoms with Gasteiger partial charge in [0.05, 0.1) is 19.1 Å². The minimum Gasteiger partial charge on any atom is -0.448 e. The Balaban J connectivity index is 1.58. The number of carbonyl (C=O) groups is 3. The fraction of sp³-hybridized carbons (Fsp3) is 0.281. The molecule has 1 aliphatic rings. The molecule has 2 amide bonds. The monoisotopic (exact) mass is 620 g/mol. The van der Waals surface area contributed by atoms with Crippen LogP contribution >= 0.6 is 15.9 Å². The Labute approximate surface area is 248 Å². The molecule has 4 rings (SSSR count). The number of nitrogens with one attached hydrogen (secondary N) is 1. The van der Waals surface area contributed by atoms with E-state index >= 15 is 0 Å². The lowest BCUT2D eigenvalue weighted by molar-refractivity contribution is -0.186. The van der Waals surface area contributed by atoms with Crippen molar-refractivity contribution >= 4 is 33.7 Å². The van der Waals surface area contributed by atoms with E-state index < -0.39 is 36.4 Å². The minimum atomic E-state index is -1.03. The van der Waals surface area contributed by atoms with Crippen LogP contribution in [0.1, 0.15) is 36.6 Å². The molecule has 1 aliphatic heterocycles. The van der Waals surface area contributed by atoms with Gasteiger partial charge in [0.2, 0.25) is 5.91 Å². The summed E-state index contributed by atoms with van der Waals surface area (Å²) < 4.78 is 12.0. The van der Waals surface area contributed by atoms with Gasteiger partial charge in [-0.15, -0.1) is 0 Å². The van der Waals surface area contributed by atoms with Crippen molar-refractivity contribution in [3.63, 3.8) is 0 Å². The number of aliphatic hydroxyl groups excluding tert-OH is 1. The molecule has 8 nitrogen and oxygen atoms in total. The van der Waals surface area contributed by atoms with Gasteiger partial charge in [0.15, 0.2) is 18.4 Å². The number of nitrogens with zero attached hydrogens (tertiary/aromatic N) is 1. The molecular formula is C32H33BrN2O6. The van der Waals surface area contributed by atoms with Gasteiger partial charge >= 0.3 is 5.97 Å². The second-order valence-electron chi connectivity index (χ2n) is 9.90. The first-order valence-electron chi connectivity index (χ1n) is 13.3. The normalized spacial score (nSPS) is 17.0. The van der Waals surface area contributed by atoms with Crippen molar-refractivity contribution in [2.45, 2.75) is 44.7 Å². The fourth-order valence-corrected chi connectivity index (χ4v) is 4.74. The molecule has 3 atom stereocenters. The zero-order chi connectivity index (χ0) is 29.4. The second-order valence-corrected chi connectivity index (χ2v) is 10.6. The summed E-state index contributed by atoms with van der Waals surface area (Å²) in [7, 11) is 0. The molecule has 0 aromatic heterocycles. The zero-order valence-corrected chi connectivity index (χ0v) is 24.5. The summed E-state index contributed by atoms with van der Waals surface area (Å²) in [5.74, 6) is -1.58. The van der Waals surface area contributed by atoms with E-state index in [1.165, 1.54) is 4.90 Å². The summed E-state index contributed by atoms with van der Waals surface area (Å²) in [6, 6.07) is 26.8. The third-order valence-electron chi connectivity index (χ3n) is 6.54. The lowest BCUT2D eigenvalue weighted by Crippen LogP contribution is -2.72. The number of hydrogen-bond acceptors (Lipinski definition) is 6. The molecular weight excluding hydrogens is 588 g/mol. The molecule has 1 heterocycles. The first-order valence-corrected chi connectivity index (χ1v) is 14.4. The van der Waals surface area contributed by atoms with Crippen LogP contribution in [0.4, 0.5) is 0 Å². The topological polar surface area (TPSA) is 105 Å². The number of halogens is 1. The smallest absolute Gasteiger partial charge is 0.356 e.